The number of esters is 3. The maximum Gasteiger partial charge on any atom is 0.309 e. The van der Waals surface area contributed by atoms with Crippen LogP contribution in [0.5, 0.6) is 0 Å². The average Bonchev–Trinajstić information content (AvgIpc) is 3.82. The lowest BCUT2D eigenvalue weighted by atomic mass is 9.83. The summed E-state index contributed by atoms with van der Waals surface area (Å²) in [7, 11) is 4.80. The van der Waals surface area contributed by atoms with E-state index >= 15 is 0 Å². The van der Waals surface area contributed by atoms with Crippen LogP contribution in [-0.2, 0) is 66.6 Å². The van der Waals surface area contributed by atoms with Gasteiger partial charge in [0.05, 0.1) is 36.9 Å². The fourth-order valence-electron chi connectivity index (χ4n) is 8.17. The van der Waals surface area contributed by atoms with Crippen LogP contribution in [0.15, 0.2) is 12.2 Å². The van der Waals surface area contributed by atoms with Gasteiger partial charge in [-0.3, -0.25) is 19.2 Å². The number of methoxy groups -OCH3 is 1. The molecule has 3 saturated heterocycles. The number of aldehydes is 1. The number of carbonyl (C=O) groups excluding carboxylic acids is 5. The molecule has 0 saturated carbocycles. The smallest absolute Gasteiger partial charge is 0.309 e. The molecule has 0 aromatic rings. The summed E-state index contributed by atoms with van der Waals surface area (Å²) in [5.41, 5.74) is -1.50. The van der Waals surface area contributed by atoms with E-state index in [0.29, 0.717) is 12.7 Å². The Kier molecular flexibility index (Phi) is 16.1. The Bertz CT molecular complexity index is 1400. The SMILES string of the molecule is CO[C@H]1[C@@H](O[C@@H]2O[C@H](C)[C@@H](O[C@H]3C[C@](C)(O)[C@H](OC(C)=O)[C@H](C)O3)[C@H](N(C)C)[C@@H]2O)[C@@H](CC=O)C[C@@H](C)C(=O)/C=C/[C@@H]2O[C@@H]2C[C@@H](C)OC(=O)C[C@@H]1OC(C)=O. The summed E-state index contributed by atoms with van der Waals surface area (Å²) in [5, 5.41) is 23.2. The van der Waals surface area contributed by atoms with Crippen molar-refractivity contribution < 1.29 is 76.8 Å². The van der Waals surface area contributed by atoms with Crippen molar-refractivity contribution in [1.29, 1.82) is 0 Å². The first-order valence-corrected chi connectivity index (χ1v) is 19.3. The summed E-state index contributed by atoms with van der Waals surface area (Å²) in [6.07, 6.45) is -8.14. The number of epoxide rings is 1. The van der Waals surface area contributed by atoms with Gasteiger partial charge in [-0.05, 0) is 66.3 Å². The van der Waals surface area contributed by atoms with Gasteiger partial charge in [0.25, 0.3) is 0 Å². The second kappa shape index (κ2) is 19.7. The molecule has 56 heavy (non-hydrogen) atoms. The molecule has 0 bridgehead atoms. The van der Waals surface area contributed by atoms with Crippen molar-refractivity contribution in [1.82, 2.24) is 4.90 Å². The van der Waals surface area contributed by atoms with E-state index in [-0.39, 0.29) is 37.3 Å². The Morgan fingerprint density at radius 1 is 0.964 bits per heavy atom. The lowest BCUT2D eigenvalue weighted by Crippen LogP contribution is -2.66. The minimum atomic E-state index is -1.50. The molecule has 0 amide bonds. The third kappa shape index (κ3) is 11.9. The summed E-state index contributed by atoms with van der Waals surface area (Å²) in [6, 6.07) is -0.796. The van der Waals surface area contributed by atoms with Crippen molar-refractivity contribution in [3.05, 3.63) is 12.2 Å². The van der Waals surface area contributed by atoms with Crippen molar-refractivity contribution in [3.8, 4) is 0 Å². The zero-order valence-corrected chi connectivity index (χ0v) is 34.1. The number of ketones is 1. The lowest BCUT2D eigenvalue weighted by Gasteiger charge is -2.50. The molecular weight excluding hydrogens is 738 g/mol. The second-order valence-corrected chi connectivity index (χ2v) is 16.0. The first kappa shape index (κ1) is 45.8. The van der Waals surface area contributed by atoms with Gasteiger partial charge in [-0.1, -0.05) is 6.92 Å². The molecule has 0 aromatic carbocycles. The average molecular weight is 800 g/mol. The van der Waals surface area contributed by atoms with Gasteiger partial charge in [-0.2, -0.15) is 0 Å². The number of ether oxygens (including phenoxy) is 9. The first-order valence-electron chi connectivity index (χ1n) is 19.3. The summed E-state index contributed by atoms with van der Waals surface area (Å²) in [6.45, 7) is 10.8. The number of allylic oxidation sites excluding steroid dienone is 1. The number of hydrogen-bond acceptors (Lipinski definition) is 17. The highest BCUT2D eigenvalue weighted by molar-refractivity contribution is 5.91. The van der Waals surface area contributed by atoms with Gasteiger partial charge in [-0.25, -0.2) is 0 Å². The van der Waals surface area contributed by atoms with Crippen LogP contribution in [0.4, 0.5) is 0 Å². The number of fused-ring (bicyclic) bond motifs is 1. The second-order valence-electron chi connectivity index (χ2n) is 16.0. The van der Waals surface area contributed by atoms with Gasteiger partial charge in [0.1, 0.15) is 48.5 Å². The largest absolute Gasteiger partial charge is 0.462 e. The summed E-state index contributed by atoms with van der Waals surface area (Å²) >= 11 is 0. The molecule has 0 aliphatic carbocycles. The number of hydrogen-bond donors (Lipinski definition) is 2. The van der Waals surface area contributed by atoms with Crippen molar-refractivity contribution in [2.75, 3.05) is 21.2 Å². The highest BCUT2D eigenvalue weighted by atomic mass is 16.7. The van der Waals surface area contributed by atoms with E-state index in [9.17, 15) is 34.2 Å². The molecular formula is C39H61NO16. The summed E-state index contributed by atoms with van der Waals surface area (Å²) < 4.78 is 53.6. The topological polar surface area (TPSA) is 215 Å². The number of rotatable bonds is 10. The van der Waals surface area contributed by atoms with Crippen LogP contribution in [-0.4, -0.2) is 158 Å². The van der Waals surface area contributed by atoms with Crippen LogP contribution in [0, 0.1) is 11.8 Å². The number of likely N-dealkylation sites (N-methyl/N-ethyl adjacent to an activating group) is 1. The van der Waals surface area contributed by atoms with E-state index < -0.39 is 115 Å². The highest BCUT2D eigenvalue weighted by Gasteiger charge is 2.53. The lowest BCUT2D eigenvalue weighted by molar-refractivity contribution is -0.344. The molecule has 0 aromatic heterocycles. The Balaban J connectivity index is 1.67. The summed E-state index contributed by atoms with van der Waals surface area (Å²) in [5.74, 6) is -3.54. The number of nitrogens with zero attached hydrogens (tertiary/aromatic N) is 1. The molecule has 4 heterocycles. The van der Waals surface area contributed by atoms with E-state index in [2.05, 4.69) is 0 Å². The van der Waals surface area contributed by atoms with Crippen molar-refractivity contribution in [2.24, 2.45) is 11.8 Å². The minimum absolute atomic E-state index is 0.0568. The van der Waals surface area contributed by atoms with Gasteiger partial charge >= 0.3 is 17.9 Å². The third-order valence-corrected chi connectivity index (χ3v) is 10.9. The predicted molar refractivity (Wildman–Crippen MR) is 195 cm³/mol. The van der Waals surface area contributed by atoms with Crippen molar-refractivity contribution in [2.45, 2.75) is 172 Å². The number of aliphatic hydroxyl groups excluding tert-OH is 1. The molecule has 4 rings (SSSR count). The molecule has 0 unspecified atom stereocenters. The molecule has 3 fully saturated rings. The maximum atomic E-state index is 13.4. The van der Waals surface area contributed by atoms with Gasteiger partial charge < -0.3 is 62.5 Å². The molecule has 17 atom stereocenters. The van der Waals surface area contributed by atoms with Gasteiger partial charge in [0.2, 0.25) is 0 Å². The molecule has 17 nitrogen and oxygen atoms in total. The van der Waals surface area contributed by atoms with E-state index in [1.807, 2.05) is 0 Å². The Morgan fingerprint density at radius 2 is 1.64 bits per heavy atom. The third-order valence-electron chi connectivity index (χ3n) is 10.9. The van der Waals surface area contributed by atoms with Gasteiger partial charge in [0.15, 0.2) is 24.5 Å². The molecule has 4 aliphatic heterocycles. The van der Waals surface area contributed by atoms with Crippen molar-refractivity contribution in [3.63, 3.8) is 0 Å². The fourth-order valence-corrected chi connectivity index (χ4v) is 8.17. The number of carbonyl (C=O) groups is 5. The molecule has 0 radical (unpaired) electrons. The van der Waals surface area contributed by atoms with Crippen LogP contribution >= 0.6 is 0 Å². The molecule has 4 aliphatic rings. The molecule has 17 heteroatoms. The Morgan fingerprint density at radius 3 is 2.23 bits per heavy atom. The van der Waals surface area contributed by atoms with E-state index in [0.717, 1.165) is 0 Å². The quantitative estimate of drug-likeness (QED) is 0.138. The standard InChI is InChI=1S/C39H61NO16/c1-19-15-25(13-14-41)35(36(48-10)29(52-23(5)42)17-30(45)49-20(2)16-28-27(54-28)12-11-26(19)44)56-38-33(46)32(40(8)9)34(21(3)51-38)55-31-18-39(7,47)37(22(4)50-31)53-24(6)43/h11-12,14,19-22,25,27-29,31-38,46-47H,13,15-18H2,1-10H3/b12-11+/t19-,20-,21-,22+,25+,27+,28-,29+,31+,32-,33+,34-,35+,36-,37-,38+,39+/m1/s1. The van der Waals surface area contributed by atoms with Crippen LogP contribution in [0.2, 0.25) is 0 Å². The molecule has 318 valence electrons. The first-order chi connectivity index (χ1) is 26.3. The zero-order valence-electron chi connectivity index (χ0n) is 34.1. The molecule has 0 spiro atoms. The van der Waals surface area contributed by atoms with Crippen LogP contribution < -0.4 is 0 Å². The van der Waals surface area contributed by atoms with Crippen LogP contribution in [0.3, 0.4) is 0 Å². The zero-order chi connectivity index (χ0) is 41.6. The number of cyclic esters (lactones) is 1. The fraction of sp³-hybridized carbons (Fsp3) is 0.821. The Hall–Kier alpha value is -2.87. The normalized spacial score (nSPS) is 43.2. The van der Waals surface area contributed by atoms with Crippen molar-refractivity contribution >= 4 is 30.0 Å². The van der Waals surface area contributed by atoms with E-state index in [1.54, 1.807) is 52.8 Å². The number of aliphatic hydroxyl groups is 2. The monoisotopic (exact) mass is 799 g/mol. The van der Waals surface area contributed by atoms with E-state index in [1.165, 1.54) is 34.0 Å². The maximum absolute atomic E-state index is 13.4. The van der Waals surface area contributed by atoms with Gasteiger partial charge in [0, 0.05) is 46.1 Å². The summed E-state index contributed by atoms with van der Waals surface area (Å²) in [4.78, 5) is 64.8. The van der Waals surface area contributed by atoms with E-state index in [4.69, 9.17) is 42.6 Å². The predicted octanol–water partition coefficient (Wildman–Crippen LogP) is 1.41. The molecule has 2 N–H and O–H groups in total. The van der Waals surface area contributed by atoms with Crippen LogP contribution in [0.25, 0.3) is 0 Å². The minimum Gasteiger partial charge on any atom is -0.462 e. The highest BCUT2D eigenvalue weighted by Crippen LogP contribution is 2.38. The van der Waals surface area contributed by atoms with Gasteiger partial charge in [-0.15, -0.1) is 0 Å². The van der Waals surface area contributed by atoms with Crippen LogP contribution in [0.1, 0.15) is 80.6 Å². The Labute approximate surface area is 328 Å².